The van der Waals surface area contributed by atoms with Crippen molar-refractivity contribution in [3.05, 3.63) is 46.9 Å². The van der Waals surface area contributed by atoms with Gasteiger partial charge in [-0.25, -0.2) is 4.98 Å². The van der Waals surface area contributed by atoms with Crippen molar-refractivity contribution in [2.24, 2.45) is 5.73 Å². The van der Waals surface area contributed by atoms with E-state index < -0.39 is 5.91 Å². The van der Waals surface area contributed by atoms with Gasteiger partial charge in [0.2, 0.25) is 0 Å². The molecule has 0 fully saturated rings. The largest absolute Gasteiger partial charge is 0.493 e. The van der Waals surface area contributed by atoms with Crippen LogP contribution in [0.5, 0.6) is 5.75 Å². The third-order valence-corrected chi connectivity index (χ3v) is 3.69. The Morgan fingerprint density at radius 3 is 3.09 bits per heavy atom. The van der Waals surface area contributed by atoms with Crippen LogP contribution in [0.1, 0.15) is 34.9 Å². The Bertz CT molecular complexity index is 708. The smallest absolute Gasteiger partial charge is 0.268 e. The van der Waals surface area contributed by atoms with Crippen LogP contribution in [0, 0.1) is 0 Å². The highest BCUT2D eigenvalue weighted by molar-refractivity contribution is 6.30. The van der Waals surface area contributed by atoms with Crippen molar-refractivity contribution in [3.63, 3.8) is 0 Å². The molecule has 2 heterocycles. The lowest BCUT2D eigenvalue weighted by molar-refractivity contribution is 0.0995. The molecule has 7 heteroatoms. The molecule has 2 aromatic rings. The van der Waals surface area contributed by atoms with Gasteiger partial charge in [0, 0.05) is 10.6 Å². The monoisotopic (exact) mass is 318 g/mol. The van der Waals surface area contributed by atoms with Crippen LogP contribution in [0.25, 0.3) is 0 Å². The van der Waals surface area contributed by atoms with Crippen LogP contribution in [0.15, 0.2) is 30.6 Å². The number of carbonyl (C=O) groups is 1. The highest BCUT2D eigenvalue weighted by Crippen LogP contribution is 2.35. The number of carbonyl (C=O) groups excluding carboxylic acids is 1. The van der Waals surface area contributed by atoms with Gasteiger partial charge in [-0.2, -0.15) is 0 Å². The van der Waals surface area contributed by atoms with Crippen molar-refractivity contribution in [3.8, 4) is 5.75 Å². The van der Waals surface area contributed by atoms with Crippen LogP contribution in [-0.4, -0.2) is 22.5 Å². The van der Waals surface area contributed by atoms with E-state index in [-0.39, 0.29) is 11.7 Å². The second kappa shape index (κ2) is 6.19. The van der Waals surface area contributed by atoms with E-state index in [1.54, 1.807) is 6.20 Å². The summed E-state index contributed by atoms with van der Waals surface area (Å²) in [6, 6.07) is 5.58. The first-order valence-electron chi connectivity index (χ1n) is 6.94. The number of nitrogens with one attached hydrogen (secondary N) is 1. The minimum absolute atomic E-state index is 0.00666. The van der Waals surface area contributed by atoms with Gasteiger partial charge in [-0.05, 0) is 25.0 Å². The van der Waals surface area contributed by atoms with Gasteiger partial charge in [0.1, 0.15) is 17.3 Å². The molecule has 1 aliphatic rings. The number of benzene rings is 1. The molecular formula is C15H15ClN4O2. The number of hydrogen-bond acceptors (Lipinski definition) is 5. The van der Waals surface area contributed by atoms with Crippen LogP contribution in [0.4, 0.5) is 5.82 Å². The summed E-state index contributed by atoms with van der Waals surface area (Å²) in [6.45, 7) is 0.637. The number of aromatic nitrogens is 2. The van der Waals surface area contributed by atoms with Crippen molar-refractivity contribution in [2.45, 2.75) is 18.9 Å². The number of primary amides is 1. The standard InChI is InChI=1S/C15H15ClN4O2/c16-9-3-4-10-11(2-1-5-22-13(10)6-9)19-14-8-18-7-12(20-14)15(17)21/h3-4,6-8,11H,1-2,5H2,(H2,17,21)(H,19,20). The lowest BCUT2D eigenvalue weighted by Gasteiger charge is -2.19. The predicted octanol–water partition coefficient (Wildman–Crippen LogP) is 2.55. The maximum atomic E-state index is 11.2. The van der Waals surface area contributed by atoms with E-state index >= 15 is 0 Å². The Hall–Kier alpha value is -2.34. The molecule has 0 saturated carbocycles. The van der Waals surface area contributed by atoms with Crippen LogP contribution in [0.2, 0.25) is 5.02 Å². The van der Waals surface area contributed by atoms with Crippen LogP contribution in [0.3, 0.4) is 0 Å². The third-order valence-electron chi connectivity index (χ3n) is 3.45. The average Bonchev–Trinajstić information content (AvgIpc) is 2.69. The van der Waals surface area contributed by atoms with E-state index in [0.717, 1.165) is 24.2 Å². The fourth-order valence-electron chi connectivity index (χ4n) is 2.43. The van der Waals surface area contributed by atoms with Gasteiger partial charge in [0.05, 0.1) is 25.0 Å². The summed E-state index contributed by atoms with van der Waals surface area (Å²) in [4.78, 5) is 19.4. The van der Waals surface area contributed by atoms with Gasteiger partial charge in [-0.3, -0.25) is 9.78 Å². The molecule has 3 rings (SSSR count). The average molecular weight is 319 g/mol. The molecule has 22 heavy (non-hydrogen) atoms. The molecule has 114 valence electrons. The molecule has 0 aliphatic carbocycles. The maximum absolute atomic E-state index is 11.2. The van der Waals surface area contributed by atoms with Gasteiger partial charge in [0.15, 0.2) is 0 Å². The number of anilines is 1. The van der Waals surface area contributed by atoms with E-state index in [2.05, 4.69) is 15.3 Å². The normalized spacial score (nSPS) is 17.0. The predicted molar refractivity (Wildman–Crippen MR) is 83.1 cm³/mol. The molecule has 6 nitrogen and oxygen atoms in total. The minimum Gasteiger partial charge on any atom is -0.493 e. The Labute approximate surface area is 132 Å². The highest BCUT2D eigenvalue weighted by atomic mass is 35.5. The third kappa shape index (κ3) is 3.12. The highest BCUT2D eigenvalue weighted by Gasteiger charge is 2.20. The minimum atomic E-state index is -0.604. The number of ether oxygens (including phenoxy) is 1. The fraction of sp³-hybridized carbons (Fsp3) is 0.267. The number of halogens is 1. The van der Waals surface area contributed by atoms with Gasteiger partial charge >= 0.3 is 0 Å². The summed E-state index contributed by atoms with van der Waals surface area (Å²) in [5.74, 6) is 0.665. The number of fused-ring (bicyclic) bond motifs is 1. The first-order valence-corrected chi connectivity index (χ1v) is 7.32. The Balaban J connectivity index is 1.89. The molecule has 0 bridgehead atoms. The topological polar surface area (TPSA) is 90.1 Å². The zero-order chi connectivity index (χ0) is 15.5. The Morgan fingerprint density at radius 2 is 2.27 bits per heavy atom. The van der Waals surface area contributed by atoms with Gasteiger partial charge in [-0.1, -0.05) is 17.7 Å². The quantitative estimate of drug-likeness (QED) is 0.907. The Morgan fingerprint density at radius 1 is 1.41 bits per heavy atom. The van der Waals surface area contributed by atoms with Gasteiger partial charge in [0.25, 0.3) is 5.91 Å². The molecule has 1 aromatic heterocycles. The summed E-state index contributed by atoms with van der Waals surface area (Å²) in [6.07, 6.45) is 4.68. The number of nitrogens with two attached hydrogens (primary N) is 1. The summed E-state index contributed by atoms with van der Waals surface area (Å²) >= 11 is 6.02. The molecule has 1 atom stereocenters. The van der Waals surface area contributed by atoms with E-state index in [4.69, 9.17) is 22.1 Å². The molecule has 1 aliphatic heterocycles. The molecule has 0 saturated heterocycles. The number of hydrogen-bond donors (Lipinski definition) is 2. The van der Waals surface area contributed by atoms with E-state index in [1.165, 1.54) is 6.20 Å². The van der Waals surface area contributed by atoms with Crippen LogP contribution in [-0.2, 0) is 0 Å². The molecule has 1 unspecified atom stereocenters. The van der Waals surface area contributed by atoms with Crippen LogP contribution < -0.4 is 15.8 Å². The Kier molecular flexibility index (Phi) is 4.11. The van der Waals surface area contributed by atoms with Crippen molar-refractivity contribution in [2.75, 3.05) is 11.9 Å². The summed E-state index contributed by atoms with van der Waals surface area (Å²) in [5, 5.41) is 3.92. The van der Waals surface area contributed by atoms with Crippen molar-refractivity contribution in [1.82, 2.24) is 9.97 Å². The molecule has 3 N–H and O–H groups in total. The fourth-order valence-corrected chi connectivity index (χ4v) is 2.59. The van der Waals surface area contributed by atoms with E-state index in [9.17, 15) is 4.79 Å². The second-order valence-electron chi connectivity index (χ2n) is 5.02. The van der Waals surface area contributed by atoms with Gasteiger partial charge < -0.3 is 15.8 Å². The lowest BCUT2D eigenvalue weighted by Crippen LogP contribution is -2.16. The maximum Gasteiger partial charge on any atom is 0.268 e. The van der Waals surface area contributed by atoms with Crippen molar-refractivity contribution in [1.29, 1.82) is 0 Å². The zero-order valence-corrected chi connectivity index (χ0v) is 12.5. The summed E-state index contributed by atoms with van der Waals surface area (Å²) < 4.78 is 5.72. The van der Waals surface area contributed by atoms with Crippen molar-refractivity contribution < 1.29 is 9.53 Å². The first kappa shape index (κ1) is 14.6. The van der Waals surface area contributed by atoms with Gasteiger partial charge in [-0.15, -0.1) is 0 Å². The number of nitrogens with zero attached hydrogens (tertiary/aromatic N) is 2. The first-order chi connectivity index (χ1) is 10.6. The molecular weight excluding hydrogens is 304 g/mol. The molecule has 1 aromatic carbocycles. The SMILES string of the molecule is NC(=O)c1cncc(NC2CCCOc3cc(Cl)ccc32)n1. The van der Waals surface area contributed by atoms with E-state index in [0.29, 0.717) is 17.4 Å². The summed E-state index contributed by atoms with van der Waals surface area (Å²) in [5.41, 5.74) is 6.37. The molecule has 1 amide bonds. The molecule has 0 radical (unpaired) electrons. The number of rotatable bonds is 3. The second-order valence-corrected chi connectivity index (χ2v) is 5.46. The number of amides is 1. The van der Waals surface area contributed by atoms with Crippen LogP contribution >= 0.6 is 11.6 Å². The molecule has 0 spiro atoms. The van der Waals surface area contributed by atoms with Crippen molar-refractivity contribution >= 4 is 23.3 Å². The zero-order valence-electron chi connectivity index (χ0n) is 11.8. The van der Waals surface area contributed by atoms with E-state index in [1.807, 2.05) is 18.2 Å². The lowest BCUT2D eigenvalue weighted by atomic mass is 10.0. The summed E-state index contributed by atoms with van der Waals surface area (Å²) in [7, 11) is 0.